The summed E-state index contributed by atoms with van der Waals surface area (Å²) in [5.41, 5.74) is 2.92. The predicted octanol–water partition coefficient (Wildman–Crippen LogP) is 3.92. The molecule has 0 spiro atoms. The molecule has 0 aliphatic heterocycles. The van der Waals surface area contributed by atoms with Gasteiger partial charge in [-0.25, -0.2) is 13.4 Å². The smallest absolute Gasteiger partial charge is 0.221 e. The second kappa shape index (κ2) is 6.47. The van der Waals surface area contributed by atoms with Crippen LogP contribution in [0.1, 0.15) is 0 Å². The van der Waals surface area contributed by atoms with Crippen molar-refractivity contribution < 1.29 is 8.42 Å². The van der Waals surface area contributed by atoms with Crippen molar-refractivity contribution in [2.45, 2.75) is 5.16 Å². The third kappa shape index (κ3) is 3.56. The minimum absolute atomic E-state index is 0.301. The van der Waals surface area contributed by atoms with E-state index in [4.69, 9.17) is 23.2 Å². The highest BCUT2D eigenvalue weighted by atomic mass is 35.5. The highest BCUT2D eigenvalue weighted by molar-refractivity contribution is 7.90. The minimum atomic E-state index is -3.51. The van der Waals surface area contributed by atoms with Gasteiger partial charge in [-0.05, 0) is 17.7 Å². The number of halogens is 2. The molecule has 0 aliphatic rings. The van der Waals surface area contributed by atoms with Gasteiger partial charge >= 0.3 is 0 Å². The SMILES string of the molecule is CS(=O)(=O)c1nncc(-c2ccc(-c3ccc(Cl)cc3Cl)cc2)n1. The quantitative estimate of drug-likeness (QED) is 0.689. The van der Waals surface area contributed by atoms with Crippen LogP contribution in [0.4, 0.5) is 0 Å². The largest absolute Gasteiger partial charge is 0.267 e. The maximum atomic E-state index is 11.5. The van der Waals surface area contributed by atoms with E-state index in [2.05, 4.69) is 15.2 Å². The van der Waals surface area contributed by atoms with Crippen molar-refractivity contribution in [3.63, 3.8) is 0 Å². The molecule has 0 saturated heterocycles. The van der Waals surface area contributed by atoms with Crippen LogP contribution in [0.25, 0.3) is 22.4 Å². The highest BCUT2D eigenvalue weighted by Gasteiger charge is 2.13. The molecular formula is C16H11Cl2N3O2S. The summed E-state index contributed by atoms with van der Waals surface area (Å²) in [5, 5.41) is 8.07. The third-order valence-electron chi connectivity index (χ3n) is 3.29. The fraction of sp³-hybridized carbons (Fsp3) is 0.0625. The molecule has 0 amide bonds. The number of aromatic nitrogens is 3. The first-order valence-electron chi connectivity index (χ1n) is 6.80. The summed E-state index contributed by atoms with van der Waals surface area (Å²) in [7, 11) is -3.51. The van der Waals surface area contributed by atoms with Crippen molar-refractivity contribution in [3.05, 3.63) is 58.7 Å². The van der Waals surface area contributed by atoms with Crippen molar-refractivity contribution in [2.75, 3.05) is 6.26 Å². The van der Waals surface area contributed by atoms with Gasteiger partial charge in [0.15, 0.2) is 0 Å². The number of benzene rings is 2. The van der Waals surface area contributed by atoms with Crippen LogP contribution in [-0.4, -0.2) is 29.9 Å². The number of hydrogen-bond donors (Lipinski definition) is 0. The van der Waals surface area contributed by atoms with E-state index in [0.717, 1.165) is 22.9 Å². The fourth-order valence-electron chi connectivity index (χ4n) is 2.13. The predicted molar refractivity (Wildman–Crippen MR) is 93.8 cm³/mol. The average Bonchev–Trinajstić information content (AvgIpc) is 2.54. The number of rotatable bonds is 3. The van der Waals surface area contributed by atoms with Crippen molar-refractivity contribution in [1.82, 2.24) is 15.2 Å². The Labute approximate surface area is 149 Å². The molecule has 1 aromatic heterocycles. The topological polar surface area (TPSA) is 72.8 Å². The molecule has 0 unspecified atom stereocenters. The lowest BCUT2D eigenvalue weighted by atomic mass is 10.0. The van der Waals surface area contributed by atoms with Crippen LogP contribution in [0.3, 0.4) is 0 Å². The van der Waals surface area contributed by atoms with E-state index in [9.17, 15) is 8.42 Å². The minimum Gasteiger partial charge on any atom is -0.221 e. The summed E-state index contributed by atoms with van der Waals surface area (Å²) < 4.78 is 23.1. The van der Waals surface area contributed by atoms with Crippen molar-refractivity contribution in [2.24, 2.45) is 0 Å². The van der Waals surface area contributed by atoms with Gasteiger partial charge in [0, 0.05) is 27.4 Å². The van der Waals surface area contributed by atoms with Crippen LogP contribution in [0, 0.1) is 0 Å². The van der Waals surface area contributed by atoms with Gasteiger partial charge in [-0.15, -0.1) is 5.10 Å². The second-order valence-electron chi connectivity index (χ2n) is 5.10. The van der Waals surface area contributed by atoms with Gasteiger partial charge in [0.2, 0.25) is 9.84 Å². The third-order valence-corrected chi connectivity index (χ3v) is 4.68. The van der Waals surface area contributed by atoms with Gasteiger partial charge in [-0.3, -0.25) is 0 Å². The van der Waals surface area contributed by atoms with Crippen LogP contribution >= 0.6 is 23.2 Å². The van der Waals surface area contributed by atoms with Gasteiger partial charge in [0.05, 0.1) is 11.9 Å². The molecule has 0 atom stereocenters. The van der Waals surface area contributed by atoms with Gasteiger partial charge in [0.25, 0.3) is 5.16 Å². The number of hydrogen-bond acceptors (Lipinski definition) is 5. The van der Waals surface area contributed by atoms with E-state index in [1.54, 1.807) is 12.1 Å². The van der Waals surface area contributed by atoms with Crippen molar-refractivity contribution in [3.8, 4) is 22.4 Å². The molecule has 2 aromatic carbocycles. The number of sulfone groups is 1. The molecule has 1 heterocycles. The Morgan fingerprint density at radius 3 is 2.25 bits per heavy atom. The standard InChI is InChI=1S/C16H11Cl2N3O2S/c1-24(22,23)16-20-15(9-19-21-16)11-4-2-10(3-5-11)13-7-6-12(17)8-14(13)18/h2-9H,1H3. The molecule has 0 radical (unpaired) electrons. The van der Waals surface area contributed by atoms with Gasteiger partial charge < -0.3 is 0 Å². The van der Waals surface area contributed by atoms with Gasteiger partial charge in [-0.2, -0.15) is 5.10 Å². The molecular weight excluding hydrogens is 369 g/mol. The summed E-state index contributed by atoms with van der Waals surface area (Å²) in [6.07, 6.45) is 2.46. The molecule has 3 aromatic rings. The van der Waals surface area contributed by atoms with E-state index < -0.39 is 9.84 Å². The maximum absolute atomic E-state index is 11.5. The van der Waals surface area contributed by atoms with Crippen LogP contribution in [0.15, 0.2) is 53.8 Å². The molecule has 122 valence electrons. The van der Waals surface area contributed by atoms with Crippen LogP contribution in [0.2, 0.25) is 10.0 Å². The summed E-state index contributed by atoms with van der Waals surface area (Å²) in [6, 6.07) is 12.7. The normalized spacial score (nSPS) is 11.5. The lowest BCUT2D eigenvalue weighted by molar-refractivity contribution is 0.589. The highest BCUT2D eigenvalue weighted by Crippen LogP contribution is 2.31. The van der Waals surface area contributed by atoms with Crippen molar-refractivity contribution in [1.29, 1.82) is 0 Å². The first kappa shape index (κ1) is 16.8. The van der Waals surface area contributed by atoms with Crippen molar-refractivity contribution >= 4 is 33.0 Å². The summed E-state index contributed by atoms with van der Waals surface area (Å²) >= 11 is 12.1. The van der Waals surface area contributed by atoms with Crippen LogP contribution in [-0.2, 0) is 9.84 Å². The maximum Gasteiger partial charge on any atom is 0.267 e. The molecule has 0 N–H and O–H groups in total. The lowest BCUT2D eigenvalue weighted by Crippen LogP contribution is -2.06. The zero-order valence-corrected chi connectivity index (χ0v) is 14.8. The molecule has 24 heavy (non-hydrogen) atoms. The molecule has 0 aliphatic carbocycles. The molecule has 0 fully saturated rings. The lowest BCUT2D eigenvalue weighted by Gasteiger charge is -2.07. The first-order chi connectivity index (χ1) is 11.3. The summed E-state index contributed by atoms with van der Waals surface area (Å²) in [6.45, 7) is 0. The fourth-order valence-corrected chi connectivity index (χ4v) is 3.10. The Bertz CT molecular complexity index is 1010. The Morgan fingerprint density at radius 1 is 0.958 bits per heavy atom. The number of nitrogens with zero attached hydrogens (tertiary/aromatic N) is 3. The Morgan fingerprint density at radius 2 is 1.62 bits per heavy atom. The Balaban J connectivity index is 1.98. The van der Waals surface area contributed by atoms with Crippen LogP contribution in [0.5, 0.6) is 0 Å². The zero-order valence-electron chi connectivity index (χ0n) is 12.4. The van der Waals surface area contributed by atoms with E-state index in [1.807, 2.05) is 30.3 Å². The van der Waals surface area contributed by atoms with Gasteiger partial charge in [0.1, 0.15) is 0 Å². The molecule has 0 saturated carbocycles. The molecule has 0 bridgehead atoms. The molecule has 8 heteroatoms. The van der Waals surface area contributed by atoms with Gasteiger partial charge in [-0.1, -0.05) is 53.5 Å². The van der Waals surface area contributed by atoms with Crippen LogP contribution < -0.4 is 0 Å². The van der Waals surface area contributed by atoms with E-state index in [0.29, 0.717) is 15.7 Å². The molecule has 5 nitrogen and oxygen atoms in total. The Hall–Kier alpha value is -2.02. The summed E-state index contributed by atoms with van der Waals surface area (Å²) in [4.78, 5) is 4.04. The average molecular weight is 380 g/mol. The second-order valence-corrected chi connectivity index (χ2v) is 7.85. The molecule has 3 rings (SSSR count). The monoisotopic (exact) mass is 379 g/mol. The zero-order chi connectivity index (χ0) is 17.3. The first-order valence-corrected chi connectivity index (χ1v) is 9.45. The van der Waals surface area contributed by atoms with E-state index in [-0.39, 0.29) is 5.16 Å². The summed E-state index contributed by atoms with van der Waals surface area (Å²) in [5.74, 6) is 0. The van der Waals surface area contributed by atoms with E-state index in [1.165, 1.54) is 6.20 Å². The van der Waals surface area contributed by atoms with E-state index >= 15 is 0 Å². The Kier molecular flexibility index (Phi) is 4.54.